The van der Waals surface area contributed by atoms with Gasteiger partial charge in [-0.2, -0.15) is 0 Å². The van der Waals surface area contributed by atoms with Gasteiger partial charge in [-0.1, -0.05) is 243 Å². The molecule has 0 amide bonds. The summed E-state index contributed by atoms with van der Waals surface area (Å²) in [6, 6.07) is 101. The van der Waals surface area contributed by atoms with E-state index in [1.807, 2.05) is 0 Å². The van der Waals surface area contributed by atoms with Crippen LogP contribution in [0.15, 0.2) is 267 Å². The molecule has 2 saturated carbocycles. The van der Waals surface area contributed by atoms with Gasteiger partial charge in [-0.3, -0.25) is 0 Å². The van der Waals surface area contributed by atoms with Crippen LogP contribution in [0.1, 0.15) is 32.1 Å². The van der Waals surface area contributed by atoms with Crippen molar-refractivity contribution < 1.29 is 0 Å². The number of anilines is 7. The molecule has 0 radical (unpaired) electrons. The molecule has 0 unspecified atom stereocenters. The summed E-state index contributed by atoms with van der Waals surface area (Å²) in [5, 5.41) is 0. The average Bonchev–Trinajstić information content (AvgIpc) is 3.70. The predicted molar refractivity (Wildman–Crippen MR) is 333 cm³/mol. The van der Waals surface area contributed by atoms with Gasteiger partial charge in [0.2, 0.25) is 0 Å². The highest BCUT2D eigenvalue weighted by Crippen LogP contribution is 2.56. The summed E-state index contributed by atoms with van der Waals surface area (Å²) in [7, 11) is 0. The van der Waals surface area contributed by atoms with Crippen molar-refractivity contribution in [2.75, 3.05) is 14.7 Å². The Labute approximate surface area is 464 Å². The summed E-state index contributed by atoms with van der Waals surface area (Å²) < 4.78 is 0. The van der Waals surface area contributed by atoms with Crippen LogP contribution in [0.2, 0.25) is 0 Å². The van der Waals surface area contributed by atoms with Gasteiger partial charge in [0.05, 0.1) is 11.4 Å². The van der Waals surface area contributed by atoms with E-state index in [0.29, 0.717) is 12.1 Å². The molecule has 17 rings (SSSR count). The standard InChI is InChI=1S/C75H58BN3/c1-7-21-52(22-8-1)58-37-39-69-67(46-58)76-68-47-59(53-23-9-2-10-24-53)38-40-70(68)79(75-65(56-29-15-5-16-30-56)35-20-36-66(75)57-31-17-6-18-32-57)72-49-62(77-60-42-50-41-51(44-60)45-61(77)43-50)48-71(73(72)76)78(69)74-63(54-25-11-3-12-26-54)33-19-34-64(74)55-27-13-4-14-28-55/h1-40,46-51,60-61H,41-45H2. The third-order valence-electron chi connectivity index (χ3n) is 18.3. The number of hydrogen-bond acceptors (Lipinski definition) is 3. The zero-order chi connectivity index (χ0) is 52.0. The highest BCUT2D eigenvalue weighted by Gasteiger charge is 2.50. The lowest BCUT2D eigenvalue weighted by molar-refractivity contribution is 0.0900. The van der Waals surface area contributed by atoms with Gasteiger partial charge < -0.3 is 14.7 Å². The van der Waals surface area contributed by atoms with E-state index < -0.39 is 0 Å². The molecule has 6 aliphatic rings. The molecule has 2 saturated heterocycles. The van der Waals surface area contributed by atoms with Gasteiger partial charge in [0.25, 0.3) is 6.71 Å². The Bertz CT molecular complexity index is 3700. The zero-order valence-corrected chi connectivity index (χ0v) is 44.2. The molecule has 4 aliphatic heterocycles. The highest BCUT2D eigenvalue weighted by molar-refractivity contribution is 7.00. The van der Waals surface area contributed by atoms with Gasteiger partial charge in [0.1, 0.15) is 0 Å². The summed E-state index contributed by atoms with van der Waals surface area (Å²) in [4.78, 5) is 8.37. The molecule has 4 heteroatoms. The van der Waals surface area contributed by atoms with Crippen LogP contribution in [0.5, 0.6) is 0 Å². The topological polar surface area (TPSA) is 9.72 Å². The molecule has 4 fully saturated rings. The molecular weight excluding hydrogens is 954 g/mol. The SMILES string of the molecule is c1ccc(-c2ccc3c(c2)B2c4cc(-c5ccccc5)ccc4N(c4c(-c5ccccc5)cccc4-c4ccccc4)c4cc(N5C6CC7CC(C6)CC5C7)cc(c42)N3c2c(-c3ccccc3)cccc2-c2ccccc2)cc1. The highest BCUT2D eigenvalue weighted by atomic mass is 15.2. The molecule has 0 atom stereocenters. The van der Waals surface area contributed by atoms with Crippen LogP contribution in [0.25, 0.3) is 66.8 Å². The van der Waals surface area contributed by atoms with E-state index >= 15 is 0 Å². The first-order valence-electron chi connectivity index (χ1n) is 28.6. The second-order valence-electron chi connectivity index (χ2n) is 22.8. The van der Waals surface area contributed by atoms with Crippen molar-refractivity contribution in [1.82, 2.24) is 0 Å². The maximum Gasteiger partial charge on any atom is 0.252 e. The Morgan fingerprint density at radius 2 is 0.608 bits per heavy atom. The third kappa shape index (κ3) is 7.64. The lowest BCUT2D eigenvalue weighted by atomic mass is 9.33. The van der Waals surface area contributed by atoms with E-state index in [4.69, 9.17) is 0 Å². The number of rotatable bonds is 9. The lowest BCUT2D eigenvalue weighted by Crippen LogP contribution is -2.62. The number of benzene rings is 11. The van der Waals surface area contributed by atoms with Crippen molar-refractivity contribution in [1.29, 1.82) is 0 Å². The van der Waals surface area contributed by atoms with Crippen LogP contribution in [-0.4, -0.2) is 18.8 Å². The van der Waals surface area contributed by atoms with Crippen LogP contribution in [0.3, 0.4) is 0 Å². The quantitative estimate of drug-likeness (QED) is 0.133. The van der Waals surface area contributed by atoms with Gasteiger partial charge in [0, 0.05) is 62.8 Å². The zero-order valence-electron chi connectivity index (χ0n) is 44.2. The van der Waals surface area contributed by atoms with Crippen LogP contribution < -0.4 is 31.1 Å². The minimum absolute atomic E-state index is 0.120. The van der Waals surface area contributed by atoms with Crippen molar-refractivity contribution >= 4 is 62.9 Å². The third-order valence-corrected chi connectivity index (χ3v) is 18.3. The molecule has 3 nitrogen and oxygen atoms in total. The lowest BCUT2D eigenvalue weighted by Gasteiger charge is -2.58. The fraction of sp³-hybridized carbons (Fsp3) is 0.120. The van der Waals surface area contributed by atoms with Crippen LogP contribution >= 0.6 is 0 Å². The van der Waals surface area contributed by atoms with Crippen molar-refractivity contribution in [2.45, 2.75) is 44.2 Å². The Hall–Kier alpha value is -9.12. The average molecular weight is 1010 g/mol. The normalized spacial score (nSPS) is 18.3. The maximum absolute atomic E-state index is 2.93. The first-order valence-corrected chi connectivity index (χ1v) is 28.6. The minimum Gasteiger partial charge on any atom is -0.365 e. The largest absolute Gasteiger partial charge is 0.365 e. The van der Waals surface area contributed by atoms with Gasteiger partial charge in [-0.05, 0) is 129 Å². The van der Waals surface area contributed by atoms with Crippen molar-refractivity contribution in [3.05, 3.63) is 267 Å². The Balaban J connectivity index is 1.07. The second kappa shape index (κ2) is 18.8. The fourth-order valence-electron chi connectivity index (χ4n) is 15.2. The molecule has 79 heavy (non-hydrogen) atoms. The number of para-hydroxylation sites is 2. The molecular formula is C75H58BN3. The van der Waals surface area contributed by atoms with Gasteiger partial charge in [-0.15, -0.1) is 0 Å². The Kier molecular flexibility index (Phi) is 11.0. The smallest absolute Gasteiger partial charge is 0.252 e. The summed E-state index contributed by atoms with van der Waals surface area (Å²) in [5.41, 5.74) is 27.0. The number of hydrogen-bond donors (Lipinski definition) is 0. The molecule has 0 aromatic heterocycles. The van der Waals surface area contributed by atoms with Crippen molar-refractivity contribution in [3.8, 4) is 66.8 Å². The molecule has 2 aliphatic carbocycles. The summed E-state index contributed by atoms with van der Waals surface area (Å²) in [6.45, 7) is -0.120. The van der Waals surface area contributed by atoms with Crippen molar-refractivity contribution in [3.63, 3.8) is 0 Å². The van der Waals surface area contributed by atoms with Gasteiger partial charge in [0.15, 0.2) is 0 Å². The summed E-state index contributed by atoms with van der Waals surface area (Å²) >= 11 is 0. The van der Waals surface area contributed by atoms with Crippen LogP contribution in [-0.2, 0) is 0 Å². The maximum atomic E-state index is 2.93. The second-order valence-corrected chi connectivity index (χ2v) is 22.8. The molecule has 4 bridgehead atoms. The van der Waals surface area contributed by atoms with E-state index in [0.717, 1.165) is 11.8 Å². The first-order chi connectivity index (χ1) is 39.2. The monoisotopic (exact) mass is 1010 g/mol. The van der Waals surface area contributed by atoms with Crippen LogP contribution in [0, 0.1) is 11.8 Å². The first kappa shape index (κ1) is 46.0. The molecule has 11 aromatic carbocycles. The van der Waals surface area contributed by atoms with Gasteiger partial charge >= 0.3 is 0 Å². The minimum atomic E-state index is -0.120. The number of fused-ring (bicyclic) bond motifs is 4. The van der Waals surface area contributed by atoms with E-state index in [-0.39, 0.29) is 6.71 Å². The fourth-order valence-corrected chi connectivity index (χ4v) is 15.2. The molecule has 376 valence electrons. The molecule has 0 spiro atoms. The molecule has 4 heterocycles. The number of piperidine rings is 2. The summed E-state index contributed by atoms with van der Waals surface area (Å²) in [6.07, 6.45) is 6.50. The van der Waals surface area contributed by atoms with E-state index in [9.17, 15) is 0 Å². The number of nitrogens with zero attached hydrogens (tertiary/aromatic N) is 3. The summed E-state index contributed by atoms with van der Waals surface area (Å²) in [5.74, 6) is 1.64. The van der Waals surface area contributed by atoms with Crippen LogP contribution in [0.4, 0.5) is 39.8 Å². The van der Waals surface area contributed by atoms with E-state index in [2.05, 4.69) is 282 Å². The Morgan fingerprint density at radius 1 is 0.278 bits per heavy atom. The predicted octanol–water partition coefficient (Wildman–Crippen LogP) is 17.5. The van der Waals surface area contributed by atoms with E-state index in [1.54, 1.807) is 0 Å². The molecule has 0 N–H and O–H groups in total. The van der Waals surface area contributed by atoms with Crippen molar-refractivity contribution in [2.24, 2.45) is 11.8 Å². The Morgan fingerprint density at radius 3 is 0.949 bits per heavy atom. The van der Waals surface area contributed by atoms with Gasteiger partial charge in [-0.25, -0.2) is 0 Å². The molecule has 11 aromatic rings. The van der Waals surface area contributed by atoms with E-state index in [1.165, 1.54) is 155 Å².